The lowest BCUT2D eigenvalue weighted by atomic mass is 10.3. The summed E-state index contributed by atoms with van der Waals surface area (Å²) in [5, 5.41) is 3.71. The van der Waals surface area contributed by atoms with Crippen LogP contribution < -0.4 is 0 Å². The average Bonchev–Trinajstić information content (AvgIpc) is 2.96. The van der Waals surface area contributed by atoms with E-state index in [0.717, 1.165) is 24.2 Å². The van der Waals surface area contributed by atoms with Gasteiger partial charge in [0.15, 0.2) is 0 Å². The molecule has 1 aromatic heterocycles. The van der Waals surface area contributed by atoms with E-state index in [2.05, 4.69) is 14.8 Å². The lowest BCUT2D eigenvalue weighted by Gasteiger charge is -2.08. The number of nitrogens with zero attached hydrogens (tertiary/aromatic N) is 3. The SMILES string of the molecule is COC(=O)c1ncn(-c2ccccc2S(=O)(=O)C(F)F)n1. The van der Waals surface area contributed by atoms with E-state index in [0.29, 0.717) is 0 Å². The normalized spacial score (nSPS) is 11.6. The number of ether oxygens (including phenoxy) is 1. The Balaban J connectivity index is 2.56. The molecular weight excluding hydrogens is 308 g/mol. The number of halogens is 2. The van der Waals surface area contributed by atoms with Crippen LogP contribution in [0.2, 0.25) is 0 Å². The van der Waals surface area contributed by atoms with E-state index in [1.807, 2.05) is 0 Å². The van der Waals surface area contributed by atoms with Crippen LogP contribution in [0.1, 0.15) is 10.6 Å². The molecule has 0 atom stereocenters. The summed E-state index contributed by atoms with van der Waals surface area (Å²) in [6.45, 7) is 0. The molecule has 7 nitrogen and oxygen atoms in total. The third kappa shape index (κ3) is 2.75. The summed E-state index contributed by atoms with van der Waals surface area (Å²) < 4.78 is 53.9. The Morgan fingerprint density at radius 3 is 2.62 bits per heavy atom. The van der Waals surface area contributed by atoms with Crippen molar-refractivity contribution in [3.05, 3.63) is 36.4 Å². The van der Waals surface area contributed by atoms with Gasteiger partial charge in [0.05, 0.1) is 17.7 Å². The van der Waals surface area contributed by atoms with E-state index in [4.69, 9.17) is 0 Å². The predicted octanol–water partition coefficient (Wildman–Crippen LogP) is 1.05. The molecule has 112 valence electrons. The fourth-order valence-corrected chi connectivity index (χ4v) is 2.46. The molecule has 2 rings (SSSR count). The average molecular weight is 317 g/mol. The second-order valence-electron chi connectivity index (χ2n) is 3.78. The molecule has 10 heteroatoms. The highest BCUT2D eigenvalue weighted by Gasteiger charge is 2.30. The van der Waals surface area contributed by atoms with Crippen LogP contribution in [0.5, 0.6) is 0 Å². The third-order valence-corrected chi connectivity index (χ3v) is 3.94. The van der Waals surface area contributed by atoms with Crippen LogP contribution in [0.25, 0.3) is 5.69 Å². The topological polar surface area (TPSA) is 91.1 Å². The smallest absolute Gasteiger partial charge is 0.377 e. The van der Waals surface area contributed by atoms with Crippen LogP contribution in [0.4, 0.5) is 8.78 Å². The van der Waals surface area contributed by atoms with Gasteiger partial charge in [-0.05, 0) is 12.1 Å². The summed E-state index contributed by atoms with van der Waals surface area (Å²) >= 11 is 0. The minimum Gasteiger partial charge on any atom is -0.463 e. The molecule has 0 fully saturated rings. The van der Waals surface area contributed by atoms with Gasteiger partial charge in [-0.25, -0.2) is 22.9 Å². The number of carbonyl (C=O) groups is 1. The Bertz CT molecular complexity index is 773. The molecule has 0 N–H and O–H groups in total. The minimum absolute atomic E-state index is 0.138. The van der Waals surface area contributed by atoms with Crippen molar-refractivity contribution < 1.29 is 26.7 Å². The van der Waals surface area contributed by atoms with Crippen molar-refractivity contribution in [3.8, 4) is 5.69 Å². The molecule has 2 aromatic rings. The molecule has 0 bridgehead atoms. The molecule has 0 aliphatic carbocycles. The minimum atomic E-state index is -4.81. The van der Waals surface area contributed by atoms with E-state index >= 15 is 0 Å². The zero-order valence-corrected chi connectivity index (χ0v) is 11.4. The fourth-order valence-electron chi connectivity index (χ4n) is 1.55. The van der Waals surface area contributed by atoms with Crippen molar-refractivity contribution in [2.45, 2.75) is 10.7 Å². The van der Waals surface area contributed by atoms with Gasteiger partial charge in [0.2, 0.25) is 9.84 Å². The summed E-state index contributed by atoms with van der Waals surface area (Å²) in [6, 6.07) is 5.04. The van der Waals surface area contributed by atoms with Crippen molar-refractivity contribution in [1.29, 1.82) is 0 Å². The van der Waals surface area contributed by atoms with Crippen molar-refractivity contribution in [3.63, 3.8) is 0 Å². The van der Waals surface area contributed by atoms with Crippen LogP contribution in [0.15, 0.2) is 35.5 Å². The molecule has 0 spiro atoms. The Morgan fingerprint density at radius 1 is 1.33 bits per heavy atom. The Kier molecular flexibility index (Phi) is 3.98. The Hall–Kier alpha value is -2.36. The Labute approximate surface area is 118 Å². The summed E-state index contributed by atoms with van der Waals surface area (Å²) in [5.74, 6) is -4.72. The fraction of sp³-hybridized carbons (Fsp3) is 0.182. The lowest BCUT2D eigenvalue weighted by Crippen LogP contribution is -2.15. The van der Waals surface area contributed by atoms with Gasteiger partial charge >= 0.3 is 11.7 Å². The summed E-state index contributed by atoms with van der Waals surface area (Å²) in [4.78, 5) is 14.3. The quantitative estimate of drug-likeness (QED) is 0.783. The monoisotopic (exact) mass is 317 g/mol. The van der Waals surface area contributed by atoms with Crippen molar-refractivity contribution >= 4 is 15.8 Å². The van der Waals surface area contributed by atoms with Crippen LogP contribution in [-0.4, -0.2) is 42.0 Å². The first kappa shape index (κ1) is 15.0. The maximum absolute atomic E-state index is 12.7. The molecule has 0 saturated carbocycles. The largest absolute Gasteiger partial charge is 0.463 e. The molecule has 0 amide bonds. The van der Waals surface area contributed by atoms with Gasteiger partial charge in [-0.2, -0.15) is 8.78 Å². The van der Waals surface area contributed by atoms with Gasteiger partial charge in [0.1, 0.15) is 6.33 Å². The van der Waals surface area contributed by atoms with E-state index in [9.17, 15) is 22.0 Å². The predicted molar refractivity (Wildman–Crippen MR) is 65.9 cm³/mol. The number of aromatic nitrogens is 3. The Morgan fingerprint density at radius 2 is 2.00 bits per heavy atom. The molecular formula is C11H9F2N3O4S. The van der Waals surface area contributed by atoms with Crippen molar-refractivity contribution in [2.24, 2.45) is 0 Å². The number of hydrogen-bond acceptors (Lipinski definition) is 6. The van der Waals surface area contributed by atoms with Crippen LogP contribution in [0.3, 0.4) is 0 Å². The van der Waals surface area contributed by atoms with Crippen LogP contribution in [0, 0.1) is 0 Å². The molecule has 21 heavy (non-hydrogen) atoms. The van der Waals surface area contributed by atoms with Crippen molar-refractivity contribution in [1.82, 2.24) is 14.8 Å². The zero-order chi connectivity index (χ0) is 15.6. The number of para-hydroxylation sites is 1. The van der Waals surface area contributed by atoms with Crippen molar-refractivity contribution in [2.75, 3.05) is 7.11 Å². The highest BCUT2D eigenvalue weighted by Crippen LogP contribution is 2.24. The lowest BCUT2D eigenvalue weighted by molar-refractivity contribution is 0.0587. The van der Waals surface area contributed by atoms with Gasteiger partial charge in [0, 0.05) is 0 Å². The first-order valence-electron chi connectivity index (χ1n) is 5.49. The second kappa shape index (κ2) is 5.56. The van der Waals surface area contributed by atoms with Crippen LogP contribution >= 0.6 is 0 Å². The number of hydrogen-bond donors (Lipinski definition) is 0. The van der Waals surface area contributed by atoms with Gasteiger partial charge in [-0.15, -0.1) is 5.10 Å². The van der Waals surface area contributed by atoms with E-state index in [-0.39, 0.29) is 11.5 Å². The first-order valence-corrected chi connectivity index (χ1v) is 7.04. The van der Waals surface area contributed by atoms with Gasteiger partial charge in [-0.1, -0.05) is 12.1 Å². The van der Waals surface area contributed by atoms with E-state index < -0.39 is 26.5 Å². The number of methoxy groups -OCH3 is 1. The first-order chi connectivity index (χ1) is 9.87. The standard InChI is InChI=1S/C11H9F2N3O4S/c1-20-10(17)9-14-6-16(15-9)7-4-2-3-5-8(7)21(18,19)11(12)13/h2-6,11H,1H3. The number of sulfone groups is 1. The number of carbonyl (C=O) groups excluding carboxylic acids is 1. The molecule has 0 aliphatic rings. The summed E-state index contributed by atoms with van der Waals surface area (Å²) in [7, 11) is -3.69. The third-order valence-electron chi connectivity index (χ3n) is 2.51. The molecule has 0 aliphatic heterocycles. The van der Waals surface area contributed by atoms with E-state index in [1.54, 1.807) is 0 Å². The number of alkyl halides is 2. The molecule has 0 unspecified atom stereocenters. The van der Waals surface area contributed by atoms with Gasteiger partial charge < -0.3 is 4.74 Å². The van der Waals surface area contributed by atoms with Gasteiger partial charge in [0.25, 0.3) is 5.82 Å². The molecule has 0 saturated heterocycles. The highest BCUT2D eigenvalue weighted by atomic mass is 32.2. The second-order valence-corrected chi connectivity index (χ2v) is 5.66. The number of rotatable bonds is 4. The number of benzene rings is 1. The highest BCUT2D eigenvalue weighted by molar-refractivity contribution is 7.91. The summed E-state index contributed by atoms with van der Waals surface area (Å²) in [5.41, 5.74) is -0.138. The zero-order valence-electron chi connectivity index (χ0n) is 10.6. The van der Waals surface area contributed by atoms with Gasteiger partial charge in [-0.3, -0.25) is 0 Å². The maximum Gasteiger partial charge on any atom is 0.377 e. The molecule has 1 aromatic carbocycles. The molecule has 0 radical (unpaired) electrons. The number of esters is 1. The molecule has 1 heterocycles. The maximum atomic E-state index is 12.7. The van der Waals surface area contributed by atoms with Crippen LogP contribution in [-0.2, 0) is 14.6 Å². The van der Waals surface area contributed by atoms with E-state index in [1.165, 1.54) is 18.2 Å². The summed E-state index contributed by atoms with van der Waals surface area (Å²) in [6.07, 6.45) is 1.03.